The molecule has 0 aromatic heterocycles. The zero-order chi connectivity index (χ0) is 13.6. The van der Waals surface area contributed by atoms with Gasteiger partial charge in [-0.3, -0.25) is 0 Å². The van der Waals surface area contributed by atoms with Crippen LogP contribution in [0, 0.1) is 5.41 Å². The summed E-state index contributed by atoms with van der Waals surface area (Å²) in [7, 11) is 3.32. The molecular formula is C15H25NO2. The maximum Gasteiger partial charge on any atom is 0.160 e. The Labute approximate surface area is 110 Å². The summed E-state index contributed by atoms with van der Waals surface area (Å²) in [6.07, 6.45) is 3.22. The third kappa shape index (κ3) is 4.22. The average Bonchev–Trinajstić information content (AvgIpc) is 2.36. The van der Waals surface area contributed by atoms with Gasteiger partial charge in [-0.1, -0.05) is 19.9 Å². The molecule has 0 aliphatic carbocycles. The predicted molar refractivity (Wildman–Crippen MR) is 75.3 cm³/mol. The summed E-state index contributed by atoms with van der Waals surface area (Å²) in [6, 6.07) is 6.11. The maximum absolute atomic E-state index is 5.63. The van der Waals surface area contributed by atoms with Gasteiger partial charge in [-0.2, -0.15) is 0 Å². The minimum atomic E-state index is 0.294. The van der Waals surface area contributed by atoms with Gasteiger partial charge in [0, 0.05) is 0 Å². The van der Waals surface area contributed by atoms with Gasteiger partial charge in [0.2, 0.25) is 0 Å². The quantitative estimate of drug-likeness (QED) is 0.810. The van der Waals surface area contributed by atoms with Crippen LogP contribution in [0.25, 0.3) is 0 Å². The summed E-state index contributed by atoms with van der Waals surface area (Å²) in [6.45, 7) is 5.28. The Kier molecular flexibility index (Phi) is 5.48. The van der Waals surface area contributed by atoms with E-state index in [0.717, 1.165) is 37.3 Å². The zero-order valence-corrected chi connectivity index (χ0v) is 12.0. The maximum atomic E-state index is 5.63. The van der Waals surface area contributed by atoms with E-state index >= 15 is 0 Å². The summed E-state index contributed by atoms with van der Waals surface area (Å²) in [5.74, 6) is 1.58. The van der Waals surface area contributed by atoms with Gasteiger partial charge in [0.25, 0.3) is 0 Å². The van der Waals surface area contributed by atoms with Gasteiger partial charge in [-0.15, -0.1) is 0 Å². The molecule has 0 fully saturated rings. The Balaban J connectivity index is 2.68. The fraction of sp³-hybridized carbons (Fsp3) is 0.600. The smallest absolute Gasteiger partial charge is 0.160 e. The molecule has 3 nitrogen and oxygen atoms in total. The average molecular weight is 251 g/mol. The molecule has 1 rings (SSSR count). The van der Waals surface area contributed by atoms with E-state index in [1.807, 2.05) is 6.07 Å². The third-order valence-electron chi connectivity index (χ3n) is 3.36. The molecule has 0 aliphatic heterocycles. The molecule has 0 heterocycles. The highest BCUT2D eigenvalue weighted by Crippen LogP contribution is 2.31. The largest absolute Gasteiger partial charge is 0.493 e. The van der Waals surface area contributed by atoms with Crippen LogP contribution in [0.4, 0.5) is 0 Å². The normalized spacial score (nSPS) is 11.4. The van der Waals surface area contributed by atoms with E-state index in [-0.39, 0.29) is 0 Å². The first-order chi connectivity index (χ1) is 8.52. The molecule has 0 aliphatic rings. The van der Waals surface area contributed by atoms with Crippen LogP contribution in [-0.2, 0) is 6.42 Å². The summed E-state index contributed by atoms with van der Waals surface area (Å²) >= 11 is 0. The first-order valence-electron chi connectivity index (χ1n) is 6.43. The van der Waals surface area contributed by atoms with Gasteiger partial charge < -0.3 is 15.2 Å². The van der Waals surface area contributed by atoms with Crippen molar-refractivity contribution >= 4 is 0 Å². The highest BCUT2D eigenvalue weighted by molar-refractivity contribution is 5.42. The fourth-order valence-corrected chi connectivity index (χ4v) is 2.03. The summed E-state index contributed by atoms with van der Waals surface area (Å²) in [4.78, 5) is 0. The lowest BCUT2D eigenvalue weighted by Crippen LogP contribution is -2.17. The van der Waals surface area contributed by atoms with Crippen LogP contribution in [0.3, 0.4) is 0 Å². The minimum absolute atomic E-state index is 0.294. The lowest BCUT2D eigenvalue weighted by Gasteiger charge is -2.23. The third-order valence-corrected chi connectivity index (χ3v) is 3.36. The van der Waals surface area contributed by atoms with E-state index in [0.29, 0.717) is 5.41 Å². The van der Waals surface area contributed by atoms with E-state index in [1.165, 1.54) is 5.56 Å². The number of ether oxygens (including phenoxy) is 2. The van der Waals surface area contributed by atoms with E-state index in [1.54, 1.807) is 14.2 Å². The molecule has 0 bridgehead atoms. The molecule has 0 unspecified atom stereocenters. The Morgan fingerprint density at radius 1 is 1.06 bits per heavy atom. The van der Waals surface area contributed by atoms with Crippen LogP contribution in [0.2, 0.25) is 0 Å². The molecule has 0 atom stereocenters. The van der Waals surface area contributed by atoms with Crippen LogP contribution in [0.1, 0.15) is 32.3 Å². The molecule has 0 saturated carbocycles. The molecule has 102 valence electrons. The molecule has 0 amide bonds. The van der Waals surface area contributed by atoms with Gasteiger partial charge in [0.05, 0.1) is 14.2 Å². The second-order valence-electron chi connectivity index (χ2n) is 5.39. The highest BCUT2D eigenvalue weighted by atomic mass is 16.5. The van der Waals surface area contributed by atoms with E-state index < -0.39 is 0 Å². The second kappa shape index (κ2) is 6.64. The first kappa shape index (κ1) is 14.8. The minimum Gasteiger partial charge on any atom is -0.493 e. The second-order valence-corrected chi connectivity index (χ2v) is 5.39. The zero-order valence-electron chi connectivity index (χ0n) is 12.0. The Morgan fingerprint density at radius 2 is 1.72 bits per heavy atom. The molecule has 0 spiro atoms. The van der Waals surface area contributed by atoms with Crippen molar-refractivity contribution in [2.24, 2.45) is 11.1 Å². The van der Waals surface area contributed by atoms with Crippen molar-refractivity contribution in [2.45, 2.75) is 33.1 Å². The molecule has 3 heteroatoms. The first-order valence-corrected chi connectivity index (χ1v) is 6.43. The monoisotopic (exact) mass is 251 g/mol. The van der Waals surface area contributed by atoms with E-state index in [4.69, 9.17) is 15.2 Å². The number of rotatable bonds is 7. The number of aryl methyl sites for hydroxylation is 1. The molecule has 18 heavy (non-hydrogen) atoms. The number of hydrogen-bond acceptors (Lipinski definition) is 3. The van der Waals surface area contributed by atoms with Gasteiger partial charge in [0.1, 0.15) is 0 Å². The topological polar surface area (TPSA) is 44.5 Å². The molecule has 1 aromatic rings. The van der Waals surface area contributed by atoms with E-state index in [9.17, 15) is 0 Å². The van der Waals surface area contributed by atoms with Crippen LogP contribution >= 0.6 is 0 Å². The van der Waals surface area contributed by atoms with Crippen molar-refractivity contribution in [3.8, 4) is 11.5 Å². The summed E-state index contributed by atoms with van der Waals surface area (Å²) < 4.78 is 10.5. The fourth-order valence-electron chi connectivity index (χ4n) is 2.03. The lowest BCUT2D eigenvalue weighted by molar-refractivity contribution is 0.313. The standard InChI is InChI=1S/C15H25NO2/c1-15(2,9-10-16)8-7-12-5-6-13(17-3)14(11-12)18-4/h5-6,11H,7-10,16H2,1-4H3. The van der Waals surface area contributed by atoms with Crippen molar-refractivity contribution in [1.29, 1.82) is 0 Å². The molecule has 0 radical (unpaired) electrons. The van der Waals surface area contributed by atoms with Gasteiger partial charge in [0.15, 0.2) is 11.5 Å². The molecule has 2 N–H and O–H groups in total. The molecule has 1 aromatic carbocycles. The van der Waals surface area contributed by atoms with Gasteiger partial charge >= 0.3 is 0 Å². The van der Waals surface area contributed by atoms with Crippen molar-refractivity contribution < 1.29 is 9.47 Å². The Hall–Kier alpha value is -1.22. The summed E-state index contributed by atoms with van der Waals surface area (Å²) in [5.41, 5.74) is 7.20. The number of methoxy groups -OCH3 is 2. The van der Waals surface area contributed by atoms with Crippen LogP contribution < -0.4 is 15.2 Å². The lowest BCUT2D eigenvalue weighted by atomic mass is 9.83. The van der Waals surface area contributed by atoms with Crippen LogP contribution in [0.15, 0.2) is 18.2 Å². The molecule has 0 saturated heterocycles. The molecular weight excluding hydrogens is 226 g/mol. The van der Waals surface area contributed by atoms with Crippen molar-refractivity contribution in [1.82, 2.24) is 0 Å². The Morgan fingerprint density at radius 3 is 2.28 bits per heavy atom. The highest BCUT2D eigenvalue weighted by Gasteiger charge is 2.16. The summed E-state index contributed by atoms with van der Waals surface area (Å²) in [5, 5.41) is 0. The van der Waals surface area contributed by atoms with Gasteiger partial charge in [-0.25, -0.2) is 0 Å². The van der Waals surface area contributed by atoms with Crippen LogP contribution in [0.5, 0.6) is 11.5 Å². The SMILES string of the molecule is COc1ccc(CCC(C)(C)CCN)cc1OC. The van der Waals surface area contributed by atoms with Crippen molar-refractivity contribution in [3.05, 3.63) is 23.8 Å². The number of benzene rings is 1. The van der Waals surface area contributed by atoms with Gasteiger partial charge in [-0.05, 0) is 48.9 Å². The van der Waals surface area contributed by atoms with Crippen molar-refractivity contribution in [3.63, 3.8) is 0 Å². The number of hydrogen-bond donors (Lipinski definition) is 1. The number of nitrogens with two attached hydrogens (primary N) is 1. The Bertz CT molecular complexity index is 375. The van der Waals surface area contributed by atoms with Crippen LogP contribution in [-0.4, -0.2) is 20.8 Å². The predicted octanol–water partition coefficient (Wildman–Crippen LogP) is 3.01. The van der Waals surface area contributed by atoms with Crippen molar-refractivity contribution in [2.75, 3.05) is 20.8 Å². The van der Waals surface area contributed by atoms with E-state index in [2.05, 4.69) is 26.0 Å².